The van der Waals surface area contributed by atoms with E-state index in [1.807, 2.05) is 25.1 Å². The Morgan fingerprint density at radius 1 is 1.43 bits per heavy atom. The first-order chi connectivity index (χ1) is 11.2. The molecule has 0 atom stereocenters. The van der Waals surface area contributed by atoms with E-state index in [0.29, 0.717) is 41.2 Å². The van der Waals surface area contributed by atoms with E-state index in [-0.39, 0.29) is 5.91 Å². The SMILES string of the molecule is Cc1noc2nc(C3CC3)cc(C(=O)NCCc3ccco3)c12. The molecule has 118 valence electrons. The van der Waals surface area contributed by atoms with Gasteiger partial charge in [-0.2, -0.15) is 0 Å². The van der Waals surface area contributed by atoms with E-state index < -0.39 is 0 Å². The standard InChI is InChI=1S/C17H17N3O3/c1-10-15-13(16(21)18-7-6-12-3-2-8-22-12)9-14(11-4-5-11)19-17(15)23-20-10/h2-3,8-9,11H,4-7H2,1H3,(H,18,21). The molecule has 0 aliphatic heterocycles. The van der Waals surface area contributed by atoms with Gasteiger partial charge in [0.25, 0.3) is 11.6 Å². The third-order valence-electron chi connectivity index (χ3n) is 4.11. The number of nitrogens with one attached hydrogen (secondary N) is 1. The smallest absolute Gasteiger partial charge is 0.259 e. The molecule has 0 unspecified atom stereocenters. The fraction of sp³-hybridized carbons (Fsp3) is 0.353. The number of nitrogens with zero attached hydrogens (tertiary/aromatic N) is 2. The van der Waals surface area contributed by atoms with E-state index in [1.54, 1.807) is 6.26 Å². The summed E-state index contributed by atoms with van der Waals surface area (Å²) in [6.45, 7) is 2.34. The Hall–Kier alpha value is -2.63. The van der Waals surface area contributed by atoms with Crippen molar-refractivity contribution in [3.05, 3.63) is 47.2 Å². The molecule has 0 spiro atoms. The van der Waals surface area contributed by atoms with E-state index in [0.717, 1.165) is 24.3 Å². The van der Waals surface area contributed by atoms with Crippen LogP contribution in [0, 0.1) is 6.92 Å². The Labute approximate surface area is 132 Å². The lowest BCUT2D eigenvalue weighted by atomic mass is 10.1. The molecule has 0 aromatic carbocycles. The van der Waals surface area contributed by atoms with Crippen molar-refractivity contribution >= 4 is 17.0 Å². The fourth-order valence-corrected chi connectivity index (χ4v) is 2.73. The molecule has 1 N–H and O–H groups in total. The molecule has 0 saturated heterocycles. The Morgan fingerprint density at radius 2 is 2.30 bits per heavy atom. The molecule has 6 heteroatoms. The third-order valence-corrected chi connectivity index (χ3v) is 4.11. The number of fused-ring (bicyclic) bond motifs is 1. The summed E-state index contributed by atoms with van der Waals surface area (Å²) in [5, 5.41) is 7.58. The summed E-state index contributed by atoms with van der Waals surface area (Å²) in [6, 6.07) is 5.62. The van der Waals surface area contributed by atoms with Crippen LogP contribution in [0.5, 0.6) is 0 Å². The van der Waals surface area contributed by atoms with E-state index in [1.165, 1.54) is 0 Å². The summed E-state index contributed by atoms with van der Waals surface area (Å²) < 4.78 is 10.5. The van der Waals surface area contributed by atoms with Gasteiger partial charge in [-0.3, -0.25) is 4.79 Å². The maximum Gasteiger partial charge on any atom is 0.259 e. The molecular formula is C17H17N3O3. The first-order valence-electron chi connectivity index (χ1n) is 7.80. The molecule has 4 rings (SSSR count). The number of carbonyl (C=O) groups excluding carboxylic acids is 1. The van der Waals surface area contributed by atoms with Crippen molar-refractivity contribution in [3.8, 4) is 0 Å². The number of rotatable bonds is 5. The number of carbonyl (C=O) groups is 1. The number of amides is 1. The van der Waals surface area contributed by atoms with Gasteiger partial charge in [-0.25, -0.2) is 4.98 Å². The third kappa shape index (κ3) is 2.72. The summed E-state index contributed by atoms with van der Waals surface area (Å²) >= 11 is 0. The normalized spacial score (nSPS) is 14.3. The second-order valence-electron chi connectivity index (χ2n) is 5.90. The molecule has 1 saturated carbocycles. The summed E-state index contributed by atoms with van der Waals surface area (Å²) in [4.78, 5) is 17.1. The summed E-state index contributed by atoms with van der Waals surface area (Å²) in [5.41, 5.74) is 2.65. The Kier molecular flexibility index (Phi) is 3.37. The quantitative estimate of drug-likeness (QED) is 0.783. The van der Waals surface area contributed by atoms with Crippen molar-refractivity contribution in [2.24, 2.45) is 0 Å². The second-order valence-corrected chi connectivity index (χ2v) is 5.90. The van der Waals surface area contributed by atoms with Crippen LogP contribution >= 0.6 is 0 Å². The molecule has 1 fully saturated rings. The molecule has 3 aromatic rings. The van der Waals surface area contributed by atoms with Gasteiger partial charge in [-0.1, -0.05) is 5.16 Å². The maximum absolute atomic E-state index is 12.6. The lowest BCUT2D eigenvalue weighted by Gasteiger charge is -2.07. The van der Waals surface area contributed by atoms with Crippen LogP contribution in [0.1, 0.15) is 46.3 Å². The number of hydrogen-bond donors (Lipinski definition) is 1. The number of aromatic nitrogens is 2. The molecule has 3 heterocycles. The van der Waals surface area contributed by atoms with E-state index in [4.69, 9.17) is 8.94 Å². The highest BCUT2D eigenvalue weighted by atomic mass is 16.5. The average Bonchev–Trinajstić information content (AvgIpc) is 3.16. The first kappa shape index (κ1) is 14.0. The second kappa shape index (κ2) is 5.53. The zero-order chi connectivity index (χ0) is 15.8. The Balaban J connectivity index is 1.58. The van der Waals surface area contributed by atoms with Crippen LogP contribution in [0.15, 0.2) is 33.4 Å². The molecule has 1 aliphatic carbocycles. The van der Waals surface area contributed by atoms with Crippen molar-refractivity contribution in [2.75, 3.05) is 6.54 Å². The van der Waals surface area contributed by atoms with Crippen molar-refractivity contribution in [1.29, 1.82) is 0 Å². The summed E-state index contributed by atoms with van der Waals surface area (Å²) in [6.07, 6.45) is 4.52. The topological polar surface area (TPSA) is 81.2 Å². The van der Waals surface area contributed by atoms with Crippen LogP contribution in [-0.4, -0.2) is 22.6 Å². The summed E-state index contributed by atoms with van der Waals surface area (Å²) in [7, 11) is 0. The lowest BCUT2D eigenvalue weighted by molar-refractivity contribution is 0.0955. The highest BCUT2D eigenvalue weighted by molar-refractivity contribution is 6.06. The minimum absolute atomic E-state index is 0.128. The monoisotopic (exact) mass is 311 g/mol. The largest absolute Gasteiger partial charge is 0.469 e. The van der Waals surface area contributed by atoms with Crippen molar-refractivity contribution in [2.45, 2.75) is 32.1 Å². The van der Waals surface area contributed by atoms with Gasteiger partial charge in [-0.05, 0) is 38.0 Å². The average molecular weight is 311 g/mol. The molecule has 1 aliphatic rings. The van der Waals surface area contributed by atoms with Gasteiger partial charge in [0.15, 0.2) is 0 Å². The summed E-state index contributed by atoms with van der Waals surface area (Å²) in [5.74, 6) is 1.17. The lowest BCUT2D eigenvalue weighted by Crippen LogP contribution is -2.26. The minimum Gasteiger partial charge on any atom is -0.469 e. The maximum atomic E-state index is 12.6. The molecule has 1 amide bonds. The molecule has 23 heavy (non-hydrogen) atoms. The van der Waals surface area contributed by atoms with Crippen LogP contribution in [0.4, 0.5) is 0 Å². The number of furan rings is 1. The van der Waals surface area contributed by atoms with Gasteiger partial charge < -0.3 is 14.3 Å². The van der Waals surface area contributed by atoms with E-state index in [9.17, 15) is 4.79 Å². The van der Waals surface area contributed by atoms with E-state index >= 15 is 0 Å². The predicted molar refractivity (Wildman–Crippen MR) is 83.3 cm³/mol. The number of hydrogen-bond acceptors (Lipinski definition) is 5. The Morgan fingerprint density at radius 3 is 3.04 bits per heavy atom. The van der Waals surface area contributed by atoms with Crippen LogP contribution in [0.2, 0.25) is 0 Å². The molecule has 0 bridgehead atoms. The molecule has 3 aromatic heterocycles. The number of pyridine rings is 1. The highest BCUT2D eigenvalue weighted by Gasteiger charge is 2.28. The first-order valence-corrected chi connectivity index (χ1v) is 7.80. The van der Waals surface area contributed by atoms with Crippen LogP contribution < -0.4 is 5.32 Å². The molecule has 0 radical (unpaired) electrons. The highest BCUT2D eigenvalue weighted by Crippen LogP contribution is 2.40. The minimum atomic E-state index is -0.128. The Bertz CT molecular complexity index is 847. The van der Waals surface area contributed by atoms with Gasteiger partial charge in [-0.15, -0.1) is 0 Å². The van der Waals surface area contributed by atoms with Gasteiger partial charge in [0.2, 0.25) is 0 Å². The predicted octanol–water partition coefficient (Wildman–Crippen LogP) is 2.97. The van der Waals surface area contributed by atoms with Gasteiger partial charge in [0.05, 0.1) is 22.9 Å². The zero-order valence-electron chi connectivity index (χ0n) is 12.8. The zero-order valence-corrected chi connectivity index (χ0v) is 12.8. The van der Waals surface area contributed by atoms with E-state index in [2.05, 4.69) is 15.5 Å². The van der Waals surface area contributed by atoms with Crippen molar-refractivity contribution < 1.29 is 13.7 Å². The van der Waals surface area contributed by atoms with Gasteiger partial charge in [0, 0.05) is 24.6 Å². The van der Waals surface area contributed by atoms with Gasteiger partial charge >= 0.3 is 0 Å². The molecule has 6 nitrogen and oxygen atoms in total. The van der Waals surface area contributed by atoms with Crippen LogP contribution in [-0.2, 0) is 6.42 Å². The number of aryl methyl sites for hydroxylation is 1. The van der Waals surface area contributed by atoms with Crippen molar-refractivity contribution in [1.82, 2.24) is 15.5 Å². The van der Waals surface area contributed by atoms with Crippen molar-refractivity contribution in [3.63, 3.8) is 0 Å². The van der Waals surface area contributed by atoms with Gasteiger partial charge in [0.1, 0.15) is 5.76 Å². The fourth-order valence-electron chi connectivity index (χ4n) is 2.73. The molecular weight excluding hydrogens is 294 g/mol. The van der Waals surface area contributed by atoms with Crippen LogP contribution in [0.25, 0.3) is 11.1 Å². The van der Waals surface area contributed by atoms with Crippen LogP contribution in [0.3, 0.4) is 0 Å².